The maximum Gasteiger partial charge on any atom is 0.256 e. The summed E-state index contributed by atoms with van der Waals surface area (Å²) in [6, 6.07) is 5.92. The molecule has 3 aromatic rings. The van der Waals surface area contributed by atoms with Gasteiger partial charge in [0.25, 0.3) is 5.91 Å². The summed E-state index contributed by atoms with van der Waals surface area (Å²) in [6.45, 7) is 2.43. The average molecular weight is 324 g/mol. The van der Waals surface area contributed by atoms with Gasteiger partial charge in [0.2, 0.25) is 0 Å². The Balaban J connectivity index is 1.66. The molecule has 124 valence electrons. The number of fused-ring (bicyclic) bond motifs is 1. The second-order valence-corrected chi connectivity index (χ2v) is 6.39. The van der Waals surface area contributed by atoms with Crippen LogP contribution < -0.4 is 0 Å². The van der Waals surface area contributed by atoms with Crippen molar-refractivity contribution in [1.29, 1.82) is 0 Å². The molecule has 1 fully saturated rings. The molecule has 0 saturated heterocycles. The molecule has 0 aliphatic heterocycles. The van der Waals surface area contributed by atoms with Crippen LogP contribution in [0.1, 0.15) is 47.5 Å². The standard InChI is InChI=1S/C18H20N4O2/c1-12-16-9-13(10-19-17(16)21-20-12)18(23)22(14-5-2-3-6-14)11-15-7-4-8-24-15/h4,7-10,14H,2-3,5-6,11H2,1H3,(H,19,20,21). The van der Waals surface area contributed by atoms with Crippen molar-refractivity contribution in [3.05, 3.63) is 47.7 Å². The van der Waals surface area contributed by atoms with E-state index in [2.05, 4.69) is 15.2 Å². The van der Waals surface area contributed by atoms with E-state index in [1.54, 1.807) is 12.5 Å². The fraction of sp³-hybridized carbons (Fsp3) is 0.389. The van der Waals surface area contributed by atoms with Crippen molar-refractivity contribution in [3.63, 3.8) is 0 Å². The number of amides is 1. The third-order valence-corrected chi connectivity index (χ3v) is 4.78. The molecule has 1 N–H and O–H groups in total. The maximum absolute atomic E-state index is 13.1. The maximum atomic E-state index is 13.1. The summed E-state index contributed by atoms with van der Waals surface area (Å²) in [7, 11) is 0. The molecule has 0 aromatic carbocycles. The molecule has 4 rings (SSSR count). The number of aromatic nitrogens is 3. The second-order valence-electron chi connectivity index (χ2n) is 6.39. The highest BCUT2D eigenvalue weighted by atomic mass is 16.3. The third kappa shape index (κ3) is 2.68. The van der Waals surface area contributed by atoms with E-state index in [0.29, 0.717) is 17.8 Å². The number of nitrogens with one attached hydrogen (secondary N) is 1. The van der Waals surface area contributed by atoms with Crippen LogP contribution in [0.15, 0.2) is 35.1 Å². The summed E-state index contributed by atoms with van der Waals surface area (Å²) in [6.07, 6.45) is 7.71. The zero-order valence-electron chi connectivity index (χ0n) is 13.7. The molecule has 1 aliphatic carbocycles. The first-order valence-electron chi connectivity index (χ1n) is 8.36. The zero-order valence-corrected chi connectivity index (χ0v) is 13.7. The number of aryl methyl sites for hydroxylation is 1. The smallest absolute Gasteiger partial charge is 0.256 e. The minimum Gasteiger partial charge on any atom is -0.467 e. The number of rotatable bonds is 4. The lowest BCUT2D eigenvalue weighted by Gasteiger charge is -2.28. The minimum atomic E-state index is 0.00769. The van der Waals surface area contributed by atoms with E-state index in [9.17, 15) is 4.79 Å². The highest BCUT2D eigenvalue weighted by molar-refractivity contribution is 5.97. The Hall–Kier alpha value is -2.63. The molecule has 3 heterocycles. The van der Waals surface area contributed by atoms with Gasteiger partial charge in [0.15, 0.2) is 5.65 Å². The molecule has 0 unspecified atom stereocenters. The van der Waals surface area contributed by atoms with Gasteiger partial charge in [-0.1, -0.05) is 12.8 Å². The lowest BCUT2D eigenvalue weighted by molar-refractivity contribution is 0.0649. The van der Waals surface area contributed by atoms with Crippen molar-refractivity contribution >= 4 is 16.9 Å². The van der Waals surface area contributed by atoms with Crippen LogP contribution in [0.5, 0.6) is 0 Å². The van der Waals surface area contributed by atoms with Crippen LogP contribution in [0.25, 0.3) is 11.0 Å². The fourth-order valence-corrected chi connectivity index (χ4v) is 3.46. The number of aromatic amines is 1. The van der Waals surface area contributed by atoms with E-state index in [1.807, 2.05) is 30.0 Å². The van der Waals surface area contributed by atoms with Crippen LogP contribution >= 0.6 is 0 Å². The van der Waals surface area contributed by atoms with Gasteiger partial charge in [-0.2, -0.15) is 5.10 Å². The van der Waals surface area contributed by atoms with Gasteiger partial charge in [-0.25, -0.2) is 4.98 Å². The summed E-state index contributed by atoms with van der Waals surface area (Å²) in [4.78, 5) is 19.4. The van der Waals surface area contributed by atoms with E-state index in [-0.39, 0.29) is 11.9 Å². The first-order chi connectivity index (χ1) is 11.7. The first kappa shape index (κ1) is 14.9. The van der Waals surface area contributed by atoms with E-state index in [0.717, 1.165) is 29.7 Å². The molecule has 1 aliphatic rings. The number of H-pyrrole nitrogens is 1. The number of pyridine rings is 1. The molecular weight excluding hydrogens is 304 g/mol. The number of nitrogens with zero attached hydrogens (tertiary/aromatic N) is 3. The Morgan fingerprint density at radius 2 is 2.25 bits per heavy atom. The van der Waals surface area contributed by atoms with Gasteiger partial charge in [0, 0.05) is 23.3 Å². The van der Waals surface area contributed by atoms with Crippen LogP contribution in [0.3, 0.4) is 0 Å². The Bertz CT molecular complexity index is 847. The molecule has 0 atom stereocenters. The number of hydrogen-bond acceptors (Lipinski definition) is 4. The van der Waals surface area contributed by atoms with Gasteiger partial charge >= 0.3 is 0 Å². The van der Waals surface area contributed by atoms with Crippen molar-refractivity contribution in [3.8, 4) is 0 Å². The lowest BCUT2D eigenvalue weighted by atomic mass is 10.1. The number of carbonyl (C=O) groups is 1. The molecular formula is C18H20N4O2. The van der Waals surface area contributed by atoms with Gasteiger partial charge in [0.1, 0.15) is 5.76 Å². The average Bonchev–Trinajstić information content (AvgIpc) is 3.34. The van der Waals surface area contributed by atoms with Crippen LogP contribution in [0.4, 0.5) is 0 Å². The highest BCUT2D eigenvalue weighted by Crippen LogP contribution is 2.27. The Morgan fingerprint density at radius 1 is 1.42 bits per heavy atom. The van der Waals surface area contributed by atoms with Gasteiger partial charge in [0.05, 0.1) is 18.4 Å². The number of carbonyl (C=O) groups excluding carboxylic acids is 1. The molecule has 1 saturated carbocycles. The van der Waals surface area contributed by atoms with E-state index < -0.39 is 0 Å². The van der Waals surface area contributed by atoms with Crippen LogP contribution in [-0.4, -0.2) is 32.0 Å². The van der Waals surface area contributed by atoms with Gasteiger partial charge in [-0.15, -0.1) is 0 Å². The van der Waals surface area contributed by atoms with Gasteiger partial charge in [-0.05, 0) is 38.0 Å². The third-order valence-electron chi connectivity index (χ3n) is 4.78. The Morgan fingerprint density at radius 3 is 3.00 bits per heavy atom. The van der Waals surface area contributed by atoms with E-state index in [4.69, 9.17) is 4.42 Å². The van der Waals surface area contributed by atoms with Crippen molar-refractivity contribution in [1.82, 2.24) is 20.1 Å². The van der Waals surface area contributed by atoms with Gasteiger partial charge in [-0.3, -0.25) is 9.89 Å². The van der Waals surface area contributed by atoms with E-state index >= 15 is 0 Å². The number of hydrogen-bond donors (Lipinski definition) is 1. The van der Waals surface area contributed by atoms with Crippen molar-refractivity contribution in [2.24, 2.45) is 0 Å². The second kappa shape index (κ2) is 6.11. The Kier molecular flexibility index (Phi) is 3.80. The largest absolute Gasteiger partial charge is 0.467 e. The summed E-state index contributed by atoms with van der Waals surface area (Å²) in [5.74, 6) is 0.817. The molecule has 0 radical (unpaired) electrons. The molecule has 1 amide bonds. The van der Waals surface area contributed by atoms with Crippen molar-refractivity contribution in [2.75, 3.05) is 0 Å². The van der Waals surface area contributed by atoms with Crippen LogP contribution in [-0.2, 0) is 6.54 Å². The van der Waals surface area contributed by atoms with Gasteiger partial charge < -0.3 is 9.32 Å². The highest BCUT2D eigenvalue weighted by Gasteiger charge is 2.28. The predicted octanol–water partition coefficient (Wildman–Crippen LogP) is 3.44. The van der Waals surface area contributed by atoms with Crippen molar-refractivity contribution in [2.45, 2.75) is 45.2 Å². The fourth-order valence-electron chi connectivity index (χ4n) is 3.46. The monoisotopic (exact) mass is 324 g/mol. The first-order valence-corrected chi connectivity index (χ1v) is 8.36. The lowest BCUT2D eigenvalue weighted by Crippen LogP contribution is -2.38. The topological polar surface area (TPSA) is 75.0 Å². The normalized spacial score (nSPS) is 15.2. The van der Waals surface area contributed by atoms with Crippen LogP contribution in [0.2, 0.25) is 0 Å². The quantitative estimate of drug-likeness (QED) is 0.797. The summed E-state index contributed by atoms with van der Waals surface area (Å²) in [5, 5.41) is 7.93. The number of furan rings is 1. The van der Waals surface area contributed by atoms with Crippen molar-refractivity contribution < 1.29 is 9.21 Å². The predicted molar refractivity (Wildman–Crippen MR) is 89.5 cm³/mol. The summed E-state index contributed by atoms with van der Waals surface area (Å²) in [5.41, 5.74) is 2.17. The zero-order chi connectivity index (χ0) is 16.5. The summed E-state index contributed by atoms with van der Waals surface area (Å²) < 4.78 is 5.46. The van der Waals surface area contributed by atoms with Crippen LogP contribution in [0, 0.1) is 6.92 Å². The molecule has 6 nitrogen and oxygen atoms in total. The van der Waals surface area contributed by atoms with E-state index in [1.165, 1.54) is 12.8 Å². The molecule has 3 aromatic heterocycles. The molecule has 0 bridgehead atoms. The molecule has 24 heavy (non-hydrogen) atoms. The summed E-state index contributed by atoms with van der Waals surface area (Å²) >= 11 is 0. The molecule has 0 spiro atoms. The SMILES string of the molecule is Cc1[nH]nc2ncc(C(=O)N(Cc3ccco3)C3CCCC3)cc12. The molecule has 6 heteroatoms. The Labute approximate surface area is 139 Å². The minimum absolute atomic E-state index is 0.00769.